The van der Waals surface area contributed by atoms with E-state index in [1.165, 1.54) is 30.1 Å². The molecule has 4 aromatic rings. The van der Waals surface area contributed by atoms with Crippen molar-refractivity contribution in [3.05, 3.63) is 68.9 Å². The Bertz CT molecular complexity index is 1220. The fourth-order valence-electron chi connectivity index (χ4n) is 2.47. The maximum atomic E-state index is 12.4. The van der Waals surface area contributed by atoms with Crippen LogP contribution in [0.4, 0.5) is 0 Å². The Morgan fingerprint density at radius 1 is 1.29 bits per heavy atom. The largest absolute Gasteiger partial charge is 0.451 e. The summed E-state index contributed by atoms with van der Waals surface area (Å²) in [6.07, 6.45) is 3.40. The Hall–Kier alpha value is -3.17. The lowest BCUT2D eigenvalue weighted by molar-refractivity contribution is 0.0335. The molecule has 3 heterocycles. The second kappa shape index (κ2) is 7.45. The van der Waals surface area contributed by atoms with E-state index in [2.05, 4.69) is 24.9 Å². The minimum atomic E-state index is -0.784. The third-order valence-electron chi connectivity index (χ3n) is 3.84. The summed E-state index contributed by atoms with van der Waals surface area (Å²) in [5, 5.41) is 1.18. The maximum absolute atomic E-state index is 12.4. The normalized spacial score (nSPS) is 12.1. The van der Waals surface area contributed by atoms with E-state index in [0.29, 0.717) is 15.7 Å². The Labute approximate surface area is 167 Å². The standard InChI is InChI=1S/C18H12ClN5O3S/c1-9(17-23-13-6-10(19)2-3-14(13)28-17)27-18(26)11-7-21-15(24-16(11)25)12-4-5-20-8-22-12/h2-9H,1H3,(H,21,24,25). The number of aromatic nitrogens is 5. The van der Waals surface area contributed by atoms with E-state index in [1.807, 2.05) is 6.07 Å². The number of thiazole rings is 1. The molecular weight excluding hydrogens is 402 g/mol. The molecule has 1 N–H and O–H groups in total. The summed E-state index contributed by atoms with van der Waals surface area (Å²) in [4.78, 5) is 43.6. The van der Waals surface area contributed by atoms with Crippen LogP contribution in [0.25, 0.3) is 21.7 Å². The zero-order valence-corrected chi connectivity index (χ0v) is 16.0. The summed E-state index contributed by atoms with van der Waals surface area (Å²) in [5.41, 5.74) is 0.350. The summed E-state index contributed by atoms with van der Waals surface area (Å²) < 4.78 is 6.33. The first-order valence-electron chi connectivity index (χ1n) is 8.14. The minimum Gasteiger partial charge on any atom is -0.451 e. The molecule has 1 atom stereocenters. The molecule has 0 aliphatic carbocycles. The van der Waals surface area contributed by atoms with Crippen LogP contribution in [-0.2, 0) is 4.74 Å². The zero-order chi connectivity index (χ0) is 19.7. The molecule has 10 heteroatoms. The predicted molar refractivity (Wildman–Crippen MR) is 104 cm³/mol. The first-order valence-corrected chi connectivity index (χ1v) is 9.33. The number of H-pyrrole nitrogens is 1. The van der Waals surface area contributed by atoms with E-state index >= 15 is 0 Å². The Morgan fingerprint density at radius 2 is 2.14 bits per heavy atom. The van der Waals surface area contributed by atoms with Crippen molar-refractivity contribution in [2.24, 2.45) is 0 Å². The molecule has 0 spiro atoms. The molecule has 0 aliphatic heterocycles. The van der Waals surface area contributed by atoms with Gasteiger partial charge in [0.2, 0.25) is 0 Å². The van der Waals surface area contributed by atoms with E-state index < -0.39 is 17.6 Å². The molecule has 0 amide bonds. The zero-order valence-electron chi connectivity index (χ0n) is 14.4. The number of fused-ring (bicyclic) bond motifs is 1. The van der Waals surface area contributed by atoms with Crippen LogP contribution in [0.2, 0.25) is 5.02 Å². The number of esters is 1. The van der Waals surface area contributed by atoms with Crippen LogP contribution in [0.15, 0.2) is 47.8 Å². The number of hydrogen-bond donors (Lipinski definition) is 1. The predicted octanol–water partition coefficient (Wildman–Crippen LogP) is 3.41. The highest BCUT2D eigenvalue weighted by Gasteiger charge is 2.20. The fraction of sp³-hybridized carbons (Fsp3) is 0.111. The lowest BCUT2D eigenvalue weighted by atomic mass is 10.3. The average Bonchev–Trinajstić information content (AvgIpc) is 3.12. The van der Waals surface area contributed by atoms with Crippen LogP contribution in [0, 0.1) is 0 Å². The molecule has 1 unspecified atom stereocenters. The summed E-state index contributed by atoms with van der Waals surface area (Å²) in [7, 11) is 0. The first kappa shape index (κ1) is 18.2. The highest BCUT2D eigenvalue weighted by atomic mass is 35.5. The molecule has 1 aromatic carbocycles. The van der Waals surface area contributed by atoms with Gasteiger partial charge in [0.25, 0.3) is 5.56 Å². The van der Waals surface area contributed by atoms with Crippen LogP contribution in [0.3, 0.4) is 0 Å². The monoisotopic (exact) mass is 413 g/mol. The minimum absolute atomic E-state index is 0.200. The van der Waals surface area contributed by atoms with E-state index in [0.717, 1.165) is 10.2 Å². The molecule has 0 bridgehead atoms. The number of nitrogens with zero attached hydrogens (tertiary/aromatic N) is 4. The topological polar surface area (TPSA) is 111 Å². The van der Waals surface area contributed by atoms with Gasteiger partial charge in [0.15, 0.2) is 11.9 Å². The van der Waals surface area contributed by atoms with E-state index in [-0.39, 0.29) is 11.4 Å². The van der Waals surface area contributed by atoms with Gasteiger partial charge >= 0.3 is 5.97 Å². The second-order valence-electron chi connectivity index (χ2n) is 5.78. The molecule has 4 rings (SSSR count). The van der Waals surface area contributed by atoms with Crippen molar-refractivity contribution in [1.82, 2.24) is 24.9 Å². The number of hydrogen-bond acceptors (Lipinski definition) is 8. The molecule has 8 nitrogen and oxygen atoms in total. The smallest absolute Gasteiger partial charge is 0.346 e. The second-order valence-corrected chi connectivity index (χ2v) is 7.28. The van der Waals surface area contributed by atoms with Gasteiger partial charge in [-0.15, -0.1) is 11.3 Å². The van der Waals surface area contributed by atoms with Crippen LogP contribution < -0.4 is 5.56 Å². The molecule has 28 heavy (non-hydrogen) atoms. The number of nitrogens with one attached hydrogen (secondary N) is 1. The number of carbonyl (C=O) groups excluding carboxylic acids is 1. The van der Waals surface area contributed by atoms with Gasteiger partial charge in [0.1, 0.15) is 22.6 Å². The SMILES string of the molecule is CC(OC(=O)c1cnc(-c2ccncn2)[nH]c1=O)c1nc2cc(Cl)ccc2s1. The summed E-state index contributed by atoms with van der Waals surface area (Å²) in [6, 6.07) is 6.96. The van der Waals surface area contributed by atoms with Gasteiger partial charge in [-0.05, 0) is 31.2 Å². The highest BCUT2D eigenvalue weighted by molar-refractivity contribution is 7.18. The first-order chi connectivity index (χ1) is 13.5. The van der Waals surface area contributed by atoms with Gasteiger partial charge in [-0.3, -0.25) is 4.79 Å². The van der Waals surface area contributed by atoms with Gasteiger partial charge < -0.3 is 9.72 Å². The average molecular weight is 414 g/mol. The summed E-state index contributed by atoms with van der Waals surface area (Å²) >= 11 is 7.36. The van der Waals surface area contributed by atoms with Crippen molar-refractivity contribution < 1.29 is 9.53 Å². The van der Waals surface area contributed by atoms with Gasteiger partial charge in [-0.2, -0.15) is 0 Å². The molecule has 0 saturated carbocycles. The fourth-order valence-corrected chi connectivity index (χ4v) is 3.56. The van der Waals surface area contributed by atoms with Gasteiger partial charge in [-0.25, -0.2) is 24.7 Å². The number of halogens is 1. The van der Waals surface area contributed by atoms with Crippen LogP contribution >= 0.6 is 22.9 Å². The third-order valence-corrected chi connectivity index (χ3v) is 5.27. The number of benzene rings is 1. The van der Waals surface area contributed by atoms with E-state index in [4.69, 9.17) is 16.3 Å². The van der Waals surface area contributed by atoms with Crippen LogP contribution in [0.1, 0.15) is 28.4 Å². The maximum Gasteiger partial charge on any atom is 0.346 e. The number of ether oxygens (including phenoxy) is 1. The molecule has 0 radical (unpaired) electrons. The van der Waals surface area contributed by atoms with Crippen molar-refractivity contribution >= 4 is 39.1 Å². The molecular formula is C18H12ClN5O3S. The van der Waals surface area contributed by atoms with Crippen molar-refractivity contribution in [2.45, 2.75) is 13.0 Å². The van der Waals surface area contributed by atoms with Crippen LogP contribution in [0.5, 0.6) is 0 Å². The Kier molecular flexibility index (Phi) is 4.84. The highest BCUT2D eigenvalue weighted by Crippen LogP contribution is 2.30. The quantitative estimate of drug-likeness (QED) is 0.510. The van der Waals surface area contributed by atoms with Crippen molar-refractivity contribution in [1.29, 1.82) is 0 Å². The van der Waals surface area contributed by atoms with Crippen LogP contribution in [-0.4, -0.2) is 30.9 Å². The Balaban J connectivity index is 1.54. The lowest BCUT2D eigenvalue weighted by Crippen LogP contribution is -2.22. The van der Waals surface area contributed by atoms with Gasteiger partial charge in [-0.1, -0.05) is 11.6 Å². The lowest BCUT2D eigenvalue weighted by Gasteiger charge is -2.10. The molecule has 0 fully saturated rings. The Morgan fingerprint density at radius 3 is 2.89 bits per heavy atom. The number of carbonyl (C=O) groups is 1. The summed E-state index contributed by atoms with van der Waals surface area (Å²) in [6.45, 7) is 1.69. The molecule has 140 valence electrons. The van der Waals surface area contributed by atoms with Crippen molar-refractivity contribution in [3.8, 4) is 11.5 Å². The summed E-state index contributed by atoms with van der Waals surface area (Å²) in [5.74, 6) is -0.548. The molecule has 0 aliphatic rings. The molecule has 0 saturated heterocycles. The van der Waals surface area contributed by atoms with Crippen molar-refractivity contribution in [2.75, 3.05) is 0 Å². The molecule has 3 aromatic heterocycles. The number of rotatable bonds is 4. The van der Waals surface area contributed by atoms with Crippen molar-refractivity contribution in [3.63, 3.8) is 0 Å². The van der Waals surface area contributed by atoms with E-state index in [9.17, 15) is 9.59 Å². The third kappa shape index (κ3) is 3.62. The van der Waals surface area contributed by atoms with Gasteiger partial charge in [0.05, 0.1) is 10.2 Å². The number of aromatic amines is 1. The van der Waals surface area contributed by atoms with Gasteiger partial charge in [0, 0.05) is 17.4 Å². The van der Waals surface area contributed by atoms with E-state index in [1.54, 1.807) is 25.1 Å².